The van der Waals surface area contributed by atoms with Gasteiger partial charge in [-0.1, -0.05) is 29.8 Å². The summed E-state index contributed by atoms with van der Waals surface area (Å²) in [6.45, 7) is 5.08. The maximum absolute atomic E-state index is 12.5. The van der Waals surface area contributed by atoms with Crippen molar-refractivity contribution in [2.75, 3.05) is 5.32 Å². The normalized spacial score (nSPS) is 10.0. The molecule has 0 saturated heterocycles. The fourth-order valence-corrected chi connectivity index (χ4v) is 2.19. The highest BCUT2D eigenvalue weighted by molar-refractivity contribution is 6.34. The smallest absolute Gasteiger partial charge is 0.335 e. The van der Waals surface area contributed by atoms with Gasteiger partial charge < -0.3 is 10.1 Å². The van der Waals surface area contributed by atoms with Gasteiger partial charge >= 0.3 is 5.97 Å². The summed E-state index contributed by atoms with van der Waals surface area (Å²) < 4.78 is 5.05. The average molecular weight is 361 g/mol. The van der Waals surface area contributed by atoms with E-state index in [9.17, 15) is 19.7 Å². The van der Waals surface area contributed by atoms with Crippen LogP contribution in [0.2, 0.25) is 5.02 Å². The molecule has 0 saturated carbocycles. The second-order valence-electron chi connectivity index (χ2n) is 5.00. The molecule has 0 radical (unpaired) electrons. The Morgan fingerprint density at radius 2 is 2.00 bits per heavy atom. The molecule has 0 unspecified atom stereocenters. The minimum Gasteiger partial charge on any atom is -0.423 e. The lowest BCUT2D eigenvalue weighted by molar-refractivity contribution is -0.384. The average Bonchev–Trinajstić information content (AvgIpc) is 2.57. The quantitative estimate of drug-likeness (QED) is 0.286. The molecule has 1 N–H and O–H groups in total. The predicted molar refractivity (Wildman–Crippen MR) is 93.1 cm³/mol. The van der Waals surface area contributed by atoms with Crippen molar-refractivity contribution in [1.29, 1.82) is 0 Å². The van der Waals surface area contributed by atoms with E-state index in [-0.39, 0.29) is 27.7 Å². The molecule has 8 heteroatoms. The lowest BCUT2D eigenvalue weighted by atomic mass is 10.1. The minimum atomic E-state index is -0.703. The first-order valence-electron chi connectivity index (χ1n) is 7.02. The predicted octanol–water partition coefficient (Wildman–Crippen LogP) is 3.90. The van der Waals surface area contributed by atoms with Crippen LogP contribution in [0.1, 0.15) is 15.9 Å². The van der Waals surface area contributed by atoms with Crippen LogP contribution in [0.3, 0.4) is 0 Å². The Hall–Kier alpha value is -3.19. The summed E-state index contributed by atoms with van der Waals surface area (Å²) in [6.07, 6.45) is 0.981. The van der Waals surface area contributed by atoms with E-state index in [4.69, 9.17) is 16.3 Å². The zero-order valence-corrected chi connectivity index (χ0v) is 13.9. The summed E-state index contributed by atoms with van der Waals surface area (Å²) in [5.74, 6) is -1.22. The van der Waals surface area contributed by atoms with Gasteiger partial charge in [0.1, 0.15) is 5.75 Å². The van der Waals surface area contributed by atoms with E-state index in [0.717, 1.165) is 17.7 Å². The van der Waals surface area contributed by atoms with Gasteiger partial charge in [-0.15, -0.1) is 0 Å². The number of carbonyl (C=O) groups is 2. The van der Waals surface area contributed by atoms with Crippen molar-refractivity contribution in [3.63, 3.8) is 0 Å². The number of nitro groups is 1. The number of hydrogen-bond acceptors (Lipinski definition) is 5. The standard InChI is InChI=1S/C17H13ClN2O5/c1-3-16(21)25-15-7-4-10(2)8-12(15)17(22)19-14-6-5-11(20(23)24)9-13(14)18/h3-9H,1H2,2H3,(H,19,22). The van der Waals surface area contributed by atoms with Crippen molar-refractivity contribution < 1.29 is 19.2 Å². The van der Waals surface area contributed by atoms with Crippen molar-refractivity contribution in [2.45, 2.75) is 6.92 Å². The Kier molecular flexibility index (Phi) is 5.51. The van der Waals surface area contributed by atoms with Gasteiger partial charge in [0.05, 0.1) is 21.2 Å². The number of nitrogens with zero attached hydrogens (tertiary/aromatic N) is 1. The van der Waals surface area contributed by atoms with Crippen LogP contribution in [-0.2, 0) is 4.79 Å². The van der Waals surface area contributed by atoms with E-state index < -0.39 is 16.8 Å². The molecular weight excluding hydrogens is 348 g/mol. The molecule has 0 bridgehead atoms. The summed E-state index contributed by atoms with van der Waals surface area (Å²) in [6, 6.07) is 8.39. The number of amides is 1. The summed E-state index contributed by atoms with van der Waals surface area (Å²) >= 11 is 5.97. The number of nitrogens with one attached hydrogen (secondary N) is 1. The molecule has 0 atom stereocenters. The number of aryl methyl sites for hydroxylation is 1. The molecule has 1 amide bonds. The molecule has 0 aliphatic rings. The number of non-ortho nitro benzene ring substituents is 1. The Labute approximate surface area is 148 Å². The van der Waals surface area contributed by atoms with Crippen molar-refractivity contribution in [3.8, 4) is 5.75 Å². The molecule has 25 heavy (non-hydrogen) atoms. The monoisotopic (exact) mass is 360 g/mol. The molecule has 0 spiro atoms. The lowest BCUT2D eigenvalue weighted by Gasteiger charge is -2.11. The Bertz CT molecular complexity index is 879. The number of benzene rings is 2. The van der Waals surface area contributed by atoms with E-state index >= 15 is 0 Å². The number of carbonyl (C=O) groups excluding carboxylic acids is 2. The third kappa shape index (κ3) is 4.42. The van der Waals surface area contributed by atoms with Crippen LogP contribution < -0.4 is 10.1 Å². The molecule has 0 aliphatic carbocycles. The van der Waals surface area contributed by atoms with E-state index in [1.807, 2.05) is 0 Å². The largest absolute Gasteiger partial charge is 0.423 e. The van der Waals surface area contributed by atoms with Crippen molar-refractivity contribution in [3.05, 3.63) is 75.3 Å². The summed E-state index contributed by atoms with van der Waals surface area (Å²) in [7, 11) is 0. The lowest BCUT2D eigenvalue weighted by Crippen LogP contribution is -2.15. The minimum absolute atomic E-state index is 0.0137. The fourth-order valence-electron chi connectivity index (χ4n) is 1.97. The molecule has 0 aliphatic heterocycles. The third-order valence-corrected chi connectivity index (χ3v) is 3.48. The fraction of sp³-hybridized carbons (Fsp3) is 0.0588. The summed E-state index contributed by atoms with van der Waals surface area (Å²) in [5, 5.41) is 13.3. The van der Waals surface area contributed by atoms with Crippen molar-refractivity contribution >= 4 is 34.9 Å². The van der Waals surface area contributed by atoms with Gasteiger partial charge in [0.15, 0.2) is 0 Å². The van der Waals surface area contributed by atoms with Gasteiger partial charge in [-0.25, -0.2) is 4.79 Å². The van der Waals surface area contributed by atoms with E-state index in [2.05, 4.69) is 11.9 Å². The van der Waals surface area contributed by atoms with Crippen molar-refractivity contribution in [1.82, 2.24) is 0 Å². The molecule has 2 rings (SSSR count). The van der Waals surface area contributed by atoms with Gasteiger partial charge in [-0.2, -0.15) is 0 Å². The summed E-state index contributed by atoms with van der Waals surface area (Å²) in [4.78, 5) is 34.0. The molecule has 2 aromatic rings. The maximum Gasteiger partial charge on any atom is 0.335 e. The zero-order valence-electron chi connectivity index (χ0n) is 13.1. The summed E-state index contributed by atoms with van der Waals surface area (Å²) in [5.41, 5.74) is 0.891. The molecule has 7 nitrogen and oxygen atoms in total. The third-order valence-electron chi connectivity index (χ3n) is 3.17. The highest BCUT2D eigenvalue weighted by Gasteiger charge is 2.17. The van der Waals surface area contributed by atoms with Crippen LogP contribution in [0.4, 0.5) is 11.4 Å². The van der Waals surface area contributed by atoms with Crippen LogP contribution in [0.5, 0.6) is 5.75 Å². The number of halogens is 1. The maximum atomic E-state index is 12.5. The molecule has 0 aromatic heterocycles. The van der Waals surface area contributed by atoms with E-state index in [1.165, 1.54) is 18.2 Å². The molecule has 0 heterocycles. The number of anilines is 1. The molecule has 0 fully saturated rings. The highest BCUT2D eigenvalue weighted by atomic mass is 35.5. The van der Waals surface area contributed by atoms with Crippen LogP contribution in [0.15, 0.2) is 49.1 Å². The van der Waals surface area contributed by atoms with Crippen molar-refractivity contribution in [2.24, 2.45) is 0 Å². The Morgan fingerprint density at radius 3 is 2.60 bits per heavy atom. The van der Waals surface area contributed by atoms with Gasteiger partial charge in [-0.05, 0) is 25.1 Å². The zero-order chi connectivity index (χ0) is 18.6. The Balaban J connectivity index is 2.32. The van der Waals surface area contributed by atoms with Gasteiger partial charge in [0, 0.05) is 18.2 Å². The number of hydrogen-bond donors (Lipinski definition) is 1. The molecule has 128 valence electrons. The number of nitro benzene ring substituents is 1. The molecular formula is C17H13ClN2O5. The first-order chi connectivity index (χ1) is 11.8. The van der Waals surface area contributed by atoms with Gasteiger partial charge in [0.25, 0.3) is 11.6 Å². The first-order valence-corrected chi connectivity index (χ1v) is 7.40. The van der Waals surface area contributed by atoms with Crippen LogP contribution in [-0.4, -0.2) is 16.8 Å². The number of ether oxygens (including phenoxy) is 1. The van der Waals surface area contributed by atoms with Gasteiger partial charge in [0.2, 0.25) is 0 Å². The Morgan fingerprint density at radius 1 is 1.28 bits per heavy atom. The topological polar surface area (TPSA) is 98.5 Å². The first kappa shape index (κ1) is 18.2. The van der Waals surface area contributed by atoms with E-state index in [0.29, 0.717) is 0 Å². The van der Waals surface area contributed by atoms with Crippen LogP contribution >= 0.6 is 11.6 Å². The SMILES string of the molecule is C=CC(=O)Oc1ccc(C)cc1C(=O)Nc1ccc([N+](=O)[O-])cc1Cl. The van der Waals surface area contributed by atoms with E-state index in [1.54, 1.807) is 19.1 Å². The number of esters is 1. The van der Waals surface area contributed by atoms with Crippen LogP contribution in [0, 0.1) is 17.0 Å². The second kappa shape index (κ2) is 7.59. The van der Waals surface area contributed by atoms with Gasteiger partial charge in [-0.3, -0.25) is 14.9 Å². The second-order valence-corrected chi connectivity index (χ2v) is 5.41. The number of rotatable bonds is 5. The van der Waals surface area contributed by atoms with Crippen LogP contribution in [0.25, 0.3) is 0 Å². The highest BCUT2D eigenvalue weighted by Crippen LogP contribution is 2.28. The molecule has 2 aromatic carbocycles.